The number of aryl methyl sites for hydroxylation is 1. The van der Waals surface area contributed by atoms with E-state index >= 15 is 0 Å². The fourth-order valence-electron chi connectivity index (χ4n) is 4.85. The molecule has 38 heavy (non-hydrogen) atoms. The van der Waals surface area contributed by atoms with Gasteiger partial charge in [0.1, 0.15) is 18.0 Å². The van der Waals surface area contributed by atoms with Crippen LogP contribution in [-0.4, -0.2) is 63.1 Å². The van der Waals surface area contributed by atoms with Crippen molar-refractivity contribution in [3.8, 4) is 0 Å². The Kier molecular flexibility index (Phi) is 8.97. The summed E-state index contributed by atoms with van der Waals surface area (Å²) in [5.74, 6) is -2.91. The van der Waals surface area contributed by atoms with Gasteiger partial charge in [0.15, 0.2) is 5.60 Å². The van der Waals surface area contributed by atoms with Crippen LogP contribution in [0.2, 0.25) is 0 Å². The fourth-order valence-corrected chi connectivity index (χ4v) is 5.42. The number of hydrogen-bond acceptors (Lipinski definition) is 8. The third kappa shape index (κ3) is 6.38. The average Bonchev–Trinajstić information content (AvgIpc) is 3.38. The molecule has 0 radical (unpaired) electrons. The molecule has 11 heteroatoms. The van der Waals surface area contributed by atoms with Crippen LogP contribution in [0.4, 0.5) is 13.2 Å². The van der Waals surface area contributed by atoms with Crippen molar-refractivity contribution in [3.63, 3.8) is 0 Å². The Bertz CT molecular complexity index is 1100. The van der Waals surface area contributed by atoms with E-state index in [0.29, 0.717) is 11.3 Å². The molecule has 1 aromatic rings. The molecule has 2 aliphatic rings. The number of carbonyl (C=O) groups is 2. The molecule has 7 atom stereocenters. The highest BCUT2D eigenvalue weighted by molar-refractivity contribution is 7.09. The first-order valence-corrected chi connectivity index (χ1v) is 13.5. The van der Waals surface area contributed by atoms with Crippen LogP contribution < -0.4 is 0 Å². The SMILES string of the molecule is CC(=Cc1csc(C)n1)[C@@H]1CC2OC2(C(F)(F)F)CC=C[C@H](C)[C@H](O)[C@@H](C)C(=O)C(C)(C)[C@@H](O)CC(=O)O1. The molecule has 0 spiro atoms. The van der Waals surface area contributed by atoms with Crippen molar-refractivity contribution < 1.29 is 42.4 Å². The molecule has 1 saturated heterocycles. The second kappa shape index (κ2) is 11.2. The standard InChI is InChI=1S/C27H36F3NO6S/c1-14-8-7-9-26(27(28,29)30)21(37-26)11-19(15(2)10-18-13-38-17(4)31-18)36-22(33)12-20(32)25(5,6)24(35)16(3)23(14)34/h7-8,10,13-14,16,19-21,23,32,34H,9,11-12H2,1-6H3/t14-,16+,19-,20-,21?,23-,26?/m0/s1. The number of rotatable bonds is 2. The van der Waals surface area contributed by atoms with Crippen LogP contribution >= 0.6 is 11.3 Å². The molecule has 2 N–H and O–H groups in total. The topological polar surface area (TPSA) is 109 Å². The van der Waals surface area contributed by atoms with E-state index in [1.165, 1.54) is 44.3 Å². The number of thiazole rings is 1. The normalized spacial score (nSPS) is 35.5. The van der Waals surface area contributed by atoms with Crippen molar-refractivity contribution in [2.24, 2.45) is 17.3 Å². The van der Waals surface area contributed by atoms with Gasteiger partial charge in [0, 0.05) is 30.1 Å². The van der Waals surface area contributed by atoms with Crippen molar-refractivity contribution in [1.82, 2.24) is 4.98 Å². The molecule has 1 aromatic heterocycles. The van der Waals surface area contributed by atoms with Gasteiger partial charge in [0.25, 0.3) is 0 Å². The van der Waals surface area contributed by atoms with Crippen LogP contribution in [0.15, 0.2) is 23.1 Å². The van der Waals surface area contributed by atoms with Gasteiger partial charge in [-0.2, -0.15) is 13.2 Å². The van der Waals surface area contributed by atoms with Gasteiger partial charge in [-0.15, -0.1) is 11.3 Å². The molecular weight excluding hydrogens is 523 g/mol. The average molecular weight is 560 g/mol. The first kappa shape index (κ1) is 30.5. The van der Waals surface area contributed by atoms with Crippen molar-refractivity contribution in [2.45, 2.75) is 97.0 Å². The van der Waals surface area contributed by atoms with Crippen LogP contribution in [0.25, 0.3) is 6.08 Å². The van der Waals surface area contributed by atoms with Gasteiger partial charge in [-0.3, -0.25) is 9.59 Å². The number of alkyl halides is 3. The number of nitrogens with zero attached hydrogens (tertiary/aromatic N) is 1. The highest BCUT2D eigenvalue weighted by Gasteiger charge is 2.72. The van der Waals surface area contributed by atoms with Gasteiger partial charge in [-0.05, 0) is 25.5 Å². The Morgan fingerprint density at radius 2 is 1.89 bits per heavy atom. The van der Waals surface area contributed by atoms with Crippen molar-refractivity contribution >= 4 is 29.2 Å². The van der Waals surface area contributed by atoms with Crippen molar-refractivity contribution in [1.29, 1.82) is 0 Å². The highest BCUT2D eigenvalue weighted by atomic mass is 32.1. The number of halogens is 3. The van der Waals surface area contributed by atoms with E-state index in [4.69, 9.17) is 9.47 Å². The quantitative estimate of drug-likeness (QED) is 0.305. The van der Waals surface area contributed by atoms with Gasteiger partial charge in [-0.1, -0.05) is 39.8 Å². The molecule has 3 heterocycles. The van der Waals surface area contributed by atoms with E-state index in [0.717, 1.165) is 5.01 Å². The molecule has 3 rings (SSSR count). The van der Waals surface area contributed by atoms with Crippen molar-refractivity contribution in [3.05, 3.63) is 33.8 Å². The molecular formula is C27H36F3NO6S. The third-order valence-corrected chi connectivity index (χ3v) is 8.46. The molecule has 0 saturated carbocycles. The molecule has 2 unspecified atom stereocenters. The van der Waals surface area contributed by atoms with Crippen molar-refractivity contribution in [2.75, 3.05) is 0 Å². The molecule has 2 aliphatic heterocycles. The predicted octanol–water partition coefficient (Wildman–Crippen LogP) is 4.80. The zero-order chi connectivity index (χ0) is 28.6. The molecule has 0 aliphatic carbocycles. The minimum atomic E-state index is -4.68. The number of cyclic esters (lactones) is 1. The van der Waals surface area contributed by atoms with E-state index in [9.17, 15) is 33.0 Å². The fraction of sp³-hybridized carbons (Fsp3) is 0.667. The first-order chi connectivity index (χ1) is 17.5. The Labute approximate surface area is 224 Å². The maximum Gasteiger partial charge on any atom is 0.420 e. The Morgan fingerprint density at radius 1 is 1.24 bits per heavy atom. The zero-order valence-electron chi connectivity index (χ0n) is 22.4. The lowest BCUT2D eigenvalue weighted by atomic mass is 9.73. The summed E-state index contributed by atoms with van der Waals surface area (Å²) >= 11 is 1.41. The summed E-state index contributed by atoms with van der Waals surface area (Å²) in [6.07, 6.45) is -6.53. The molecule has 1 fully saturated rings. The minimum Gasteiger partial charge on any atom is -0.458 e. The lowest BCUT2D eigenvalue weighted by molar-refractivity contribution is -0.183. The second-order valence-electron chi connectivity index (χ2n) is 11.0. The number of epoxide rings is 1. The maximum absolute atomic E-state index is 14.1. The van der Waals surface area contributed by atoms with Gasteiger partial charge >= 0.3 is 12.1 Å². The first-order valence-electron chi connectivity index (χ1n) is 12.6. The highest BCUT2D eigenvalue weighted by Crippen LogP contribution is 2.54. The summed E-state index contributed by atoms with van der Waals surface area (Å²) in [6, 6.07) is 0. The number of Topliss-reactive ketones (excluding diaryl/α,β-unsaturated/α-hetero) is 1. The summed E-state index contributed by atoms with van der Waals surface area (Å²) in [5.41, 5.74) is -2.77. The Hall–Kier alpha value is -2.08. The molecule has 0 bridgehead atoms. The van der Waals surface area contributed by atoms with Crippen LogP contribution in [0.1, 0.15) is 64.6 Å². The number of hydrogen-bond donors (Lipinski definition) is 2. The van der Waals surface area contributed by atoms with Crippen LogP contribution in [-0.2, 0) is 19.1 Å². The number of fused-ring (bicyclic) bond motifs is 1. The summed E-state index contributed by atoms with van der Waals surface area (Å²) in [5, 5.41) is 24.1. The number of aliphatic hydroxyl groups is 2. The van der Waals surface area contributed by atoms with Gasteiger partial charge in [0.2, 0.25) is 0 Å². The van der Waals surface area contributed by atoms with Crippen LogP contribution in [0.3, 0.4) is 0 Å². The van der Waals surface area contributed by atoms with E-state index in [1.807, 2.05) is 6.92 Å². The largest absolute Gasteiger partial charge is 0.458 e. The number of aliphatic hydroxyl groups excluding tert-OH is 2. The van der Waals surface area contributed by atoms with Gasteiger partial charge in [-0.25, -0.2) is 4.98 Å². The minimum absolute atomic E-state index is 0.252. The van der Waals surface area contributed by atoms with Crippen LogP contribution in [0, 0.1) is 24.2 Å². The zero-order valence-corrected chi connectivity index (χ0v) is 23.2. The van der Waals surface area contributed by atoms with E-state index in [1.54, 1.807) is 25.3 Å². The molecule has 212 valence electrons. The molecule has 7 nitrogen and oxygen atoms in total. The molecule has 0 aromatic carbocycles. The Balaban J connectivity index is 1.98. The smallest absolute Gasteiger partial charge is 0.420 e. The third-order valence-electron chi connectivity index (χ3n) is 7.67. The molecule has 0 amide bonds. The second-order valence-corrected chi connectivity index (χ2v) is 12.0. The number of esters is 1. The number of ketones is 1. The monoisotopic (exact) mass is 559 g/mol. The van der Waals surface area contributed by atoms with Gasteiger partial charge in [0.05, 0.1) is 34.7 Å². The maximum atomic E-state index is 14.1. The van der Waals surface area contributed by atoms with E-state index < -0.39 is 78.0 Å². The van der Waals surface area contributed by atoms with E-state index in [-0.39, 0.29) is 6.42 Å². The summed E-state index contributed by atoms with van der Waals surface area (Å²) in [7, 11) is 0. The van der Waals surface area contributed by atoms with Crippen LogP contribution in [0.5, 0.6) is 0 Å². The lowest BCUT2D eigenvalue weighted by Crippen LogP contribution is -2.45. The van der Waals surface area contributed by atoms with Gasteiger partial charge < -0.3 is 19.7 Å². The summed E-state index contributed by atoms with van der Waals surface area (Å²) in [6.45, 7) is 9.53. The summed E-state index contributed by atoms with van der Waals surface area (Å²) in [4.78, 5) is 30.4. The van der Waals surface area contributed by atoms with E-state index in [2.05, 4.69) is 4.98 Å². The number of carbonyl (C=O) groups excluding carboxylic acids is 2. The number of ether oxygens (including phenoxy) is 2. The Morgan fingerprint density at radius 3 is 2.47 bits per heavy atom. The summed E-state index contributed by atoms with van der Waals surface area (Å²) < 4.78 is 53.2. The lowest BCUT2D eigenvalue weighted by Gasteiger charge is -2.34. The predicted molar refractivity (Wildman–Crippen MR) is 136 cm³/mol. The number of aromatic nitrogens is 1.